The molecule has 21 heavy (non-hydrogen) atoms. The molecule has 1 aromatic carbocycles. The first-order valence-corrected chi connectivity index (χ1v) is 7.56. The van der Waals surface area contributed by atoms with Gasteiger partial charge in [0.2, 0.25) is 0 Å². The van der Waals surface area contributed by atoms with E-state index < -0.39 is 0 Å². The topological polar surface area (TPSA) is 39.9 Å². The summed E-state index contributed by atoms with van der Waals surface area (Å²) in [5, 5.41) is 10.3. The molecule has 0 aliphatic rings. The molecule has 3 heteroatoms. The minimum atomic E-state index is 0.558. The van der Waals surface area contributed by atoms with Gasteiger partial charge in [0.1, 0.15) is 5.82 Å². The van der Waals surface area contributed by atoms with Gasteiger partial charge in [-0.1, -0.05) is 45.9 Å². The highest BCUT2D eigenvalue weighted by atomic mass is 15.2. The van der Waals surface area contributed by atoms with Crippen molar-refractivity contribution in [2.24, 2.45) is 11.8 Å². The van der Waals surface area contributed by atoms with E-state index in [1.807, 2.05) is 30.3 Å². The number of benzene rings is 1. The van der Waals surface area contributed by atoms with Gasteiger partial charge in [-0.2, -0.15) is 5.26 Å². The molecule has 0 unspecified atom stereocenters. The molecular formula is C18H23N3. The van der Waals surface area contributed by atoms with E-state index in [1.165, 1.54) is 0 Å². The molecule has 2 aromatic rings. The lowest BCUT2D eigenvalue weighted by atomic mass is 10.1. The van der Waals surface area contributed by atoms with Gasteiger partial charge in [0.25, 0.3) is 0 Å². The number of rotatable bonds is 5. The van der Waals surface area contributed by atoms with Gasteiger partial charge in [0.15, 0.2) is 0 Å². The molecule has 1 aromatic heterocycles. The summed E-state index contributed by atoms with van der Waals surface area (Å²) in [7, 11) is 0. The number of hydrogen-bond donors (Lipinski definition) is 0. The monoisotopic (exact) mass is 281 g/mol. The molecule has 0 saturated heterocycles. The second-order valence-electron chi connectivity index (χ2n) is 6.35. The molecule has 0 fully saturated rings. The number of pyridine rings is 1. The number of para-hydroxylation sites is 1. The summed E-state index contributed by atoms with van der Waals surface area (Å²) in [6.45, 7) is 10.7. The van der Waals surface area contributed by atoms with Crippen LogP contribution in [0.4, 0.5) is 5.82 Å². The molecule has 0 amide bonds. The summed E-state index contributed by atoms with van der Waals surface area (Å²) < 4.78 is 0. The summed E-state index contributed by atoms with van der Waals surface area (Å²) >= 11 is 0. The third-order valence-corrected chi connectivity index (χ3v) is 3.32. The summed E-state index contributed by atoms with van der Waals surface area (Å²) in [5.74, 6) is 2.03. The van der Waals surface area contributed by atoms with Crippen LogP contribution < -0.4 is 4.90 Å². The summed E-state index contributed by atoms with van der Waals surface area (Å²) in [6.07, 6.45) is 0. The van der Waals surface area contributed by atoms with Crippen molar-refractivity contribution in [1.82, 2.24) is 4.98 Å². The lowest BCUT2D eigenvalue weighted by Crippen LogP contribution is -2.32. The number of anilines is 1. The predicted octanol–water partition coefficient (Wildman–Crippen LogP) is 4.22. The Bertz CT molecular complexity index is 643. The largest absolute Gasteiger partial charge is 0.356 e. The van der Waals surface area contributed by atoms with Gasteiger partial charge in [-0.15, -0.1) is 0 Å². The van der Waals surface area contributed by atoms with E-state index in [0.29, 0.717) is 17.4 Å². The fourth-order valence-electron chi connectivity index (χ4n) is 2.56. The van der Waals surface area contributed by atoms with Gasteiger partial charge in [-0.05, 0) is 24.0 Å². The summed E-state index contributed by atoms with van der Waals surface area (Å²) in [4.78, 5) is 7.06. The molecule has 0 radical (unpaired) electrons. The maximum absolute atomic E-state index is 9.41. The van der Waals surface area contributed by atoms with Crippen molar-refractivity contribution in [2.75, 3.05) is 18.0 Å². The van der Waals surface area contributed by atoms with Crippen molar-refractivity contribution in [3.05, 3.63) is 35.9 Å². The third kappa shape index (κ3) is 3.72. The van der Waals surface area contributed by atoms with Crippen LogP contribution >= 0.6 is 0 Å². The molecule has 3 nitrogen and oxygen atoms in total. The van der Waals surface area contributed by atoms with Crippen molar-refractivity contribution in [3.63, 3.8) is 0 Å². The maximum Gasteiger partial charge on any atom is 0.130 e. The fraction of sp³-hybridized carbons (Fsp3) is 0.444. The zero-order chi connectivity index (χ0) is 15.4. The molecule has 0 N–H and O–H groups in total. The lowest BCUT2D eigenvalue weighted by molar-refractivity contribution is 0.549. The molecule has 0 aliphatic heterocycles. The van der Waals surface area contributed by atoms with E-state index in [9.17, 15) is 5.26 Å². The number of fused-ring (bicyclic) bond motifs is 1. The van der Waals surface area contributed by atoms with Crippen molar-refractivity contribution in [2.45, 2.75) is 27.7 Å². The minimum Gasteiger partial charge on any atom is -0.356 e. The molecule has 0 atom stereocenters. The Morgan fingerprint density at radius 1 is 1.10 bits per heavy atom. The second kappa shape index (κ2) is 6.58. The van der Waals surface area contributed by atoms with Crippen molar-refractivity contribution in [3.8, 4) is 6.07 Å². The molecule has 0 aliphatic carbocycles. The van der Waals surface area contributed by atoms with Gasteiger partial charge in [-0.3, -0.25) is 0 Å². The molecule has 110 valence electrons. The summed E-state index contributed by atoms with van der Waals surface area (Å²) in [6, 6.07) is 12.1. The average molecular weight is 281 g/mol. The lowest BCUT2D eigenvalue weighted by Gasteiger charge is -2.27. The Kier molecular flexibility index (Phi) is 4.80. The number of nitriles is 1. The highest BCUT2D eigenvalue weighted by Crippen LogP contribution is 2.23. The van der Waals surface area contributed by atoms with Crippen LogP contribution in [0.3, 0.4) is 0 Å². The van der Waals surface area contributed by atoms with E-state index in [4.69, 9.17) is 4.98 Å². The van der Waals surface area contributed by atoms with Gasteiger partial charge in [0.05, 0.1) is 17.1 Å². The first-order chi connectivity index (χ1) is 10.0. The Morgan fingerprint density at radius 3 is 2.29 bits per heavy atom. The normalized spacial score (nSPS) is 11.1. The Hall–Kier alpha value is -2.08. The second-order valence-corrected chi connectivity index (χ2v) is 6.35. The molecule has 0 spiro atoms. The van der Waals surface area contributed by atoms with Crippen molar-refractivity contribution < 1.29 is 0 Å². The SMILES string of the molecule is CC(C)CN(CC(C)C)c1cc(C#N)c2ccccc2n1. The smallest absolute Gasteiger partial charge is 0.130 e. The number of nitrogens with zero attached hydrogens (tertiary/aromatic N) is 3. The van der Waals surface area contributed by atoms with E-state index >= 15 is 0 Å². The average Bonchev–Trinajstić information content (AvgIpc) is 2.44. The van der Waals surface area contributed by atoms with Gasteiger partial charge >= 0.3 is 0 Å². The highest BCUT2D eigenvalue weighted by molar-refractivity contribution is 5.86. The van der Waals surface area contributed by atoms with Gasteiger partial charge in [-0.25, -0.2) is 4.98 Å². The van der Waals surface area contributed by atoms with Crippen molar-refractivity contribution >= 4 is 16.7 Å². The predicted molar refractivity (Wildman–Crippen MR) is 88.3 cm³/mol. The molecule has 1 heterocycles. The van der Waals surface area contributed by atoms with Crippen LogP contribution in [0.15, 0.2) is 30.3 Å². The Balaban J connectivity index is 2.49. The van der Waals surface area contributed by atoms with Crippen LogP contribution in [0.25, 0.3) is 10.9 Å². The van der Waals surface area contributed by atoms with Crippen LogP contribution in [0.2, 0.25) is 0 Å². The third-order valence-electron chi connectivity index (χ3n) is 3.32. The van der Waals surface area contributed by atoms with E-state index in [0.717, 1.165) is 29.8 Å². The van der Waals surface area contributed by atoms with Crippen LogP contribution in [-0.2, 0) is 0 Å². The van der Waals surface area contributed by atoms with E-state index in [1.54, 1.807) is 0 Å². The number of aromatic nitrogens is 1. The summed E-state index contributed by atoms with van der Waals surface area (Å²) in [5.41, 5.74) is 1.59. The van der Waals surface area contributed by atoms with E-state index in [-0.39, 0.29) is 0 Å². The fourth-order valence-corrected chi connectivity index (χ4v) is 2.56. The number of hydrogen-bond acceptors (Lipinski definition) is 3. The quantitative estimate of drug-likeness (QED) is 0.823. The highest BCUT2D eigenvalue weighted by Gasteiger charge is 2.14. The standard InChI is InChI=1S/C18H23N3/c1-13(2)11-21(12-14(3)4)18-9-15(10-19)16-7-5-6-8-17(16)20-18/h5-9,13-14H,11-12H2,1-4H3. The van der Waals surface area contributed by atoms with Gasteiger partial charge in [0, 0.05) is 18.5 Å². The van der Waals surface area contributed by atoms with Crippen LogP contribution in [0.1, 0.15) is 33.3 Å². The Labute approximate surface area is 127 Å². The minimum absolute atomic E-state index is 0.558. The first kappa shape index (κ1) is 15.3. The molecule has 0 bridgehead atoms. The van der Waals surface area contributed by atoms with Crippen LogP contribution in [0.5, 0.6) is 0 Å². The first-order valence-electron chi connectivity index (χ1n) is 7.56. The molecular weight excluding hydrogens is 258 g/mol. The zero-order valence-electron chi connectivity index (χ0n) is 13.3. The molecule has 2 rings (SSSR count). The zero-order valence-corrected chi connectivity index (χ0v) is 13.3. The van der Waals surface area contributed by atoms with Crippen LogP contribution in [0, 0.1) is 23.2 Å². The Morgan fingerprint density at radius 2 is 1.71 bits per heavy atom. The molecule has 0 saturated carbocycles. The van der Waals surface area contributed by atoms with Crippen molar-refractivity contribution in [1.29, 1.82) is 5.26 Å². The van der Waals surface area contributed by atoms with Crippen LogP contribution in [-0.4, -0.2) is 18.1 Å². The maximum atomic E-state index is 9.41. The van der Waals surface area contributed by atoms with E-state index in [2.05, 4.69) is 38.7 Å². The van der Waals surface area contributed by atoms with Gasteiger partial charge < -0.3 is 4.90 Å².